The second-order valence-corrected chi connectivity index (χ2v) is 7.26. The van der Waals surface area contributed by atoms with Gasteiger partial charge in [-0.2, -0.15) is 0 Å². The van der Waals surface area contributed by atoms with Crippen molar-refractivity contribution in [2.24, 2.45) is 0 Å². The number of aromatic nitrogens is 1. The molecule has 2 heterocycles. The molecule has 0 unspecified atom stereocenters. The first kappa shape index (κ1) is 19.5. The van der Waals surface area contributed by atoms with Gasteiger partial charge in [0, 0.05) is 31.5 Å². The van der Waals surface area contributed by atoms with E-state index in [1.54, 1.807) is 12.1 Å². The highest BCUT2D eigenvalue weighted by molar-refractivity contribution is 5.42. The van der Waals surface area contributed by atoms with E-state index in [4.69, 9.17) is 4.74 Å². The topological polar surface area (TPSA) is 37.6 Å². The number of halogens is 2. The van der Waals surface area contributed by atoms with Crippen molar-refractivity contribution in [1.82, 2.24) is 9.47 Å². The Hall–Kier alpha value is -2.86. The molecule has 152 valence electrons. The molecule has 0 spiro atoms. The van der Waals surface area contributed by atoms with Crippen LogP contribution in [0.3, 0.4) is 0 Å². The van der Waals surface area contributed by atoms with E-state index in [1.807, 2.05) is 37.4 Å². The van der Waals surface area contributed by atoms with Crippen molar-refractivity contribution in [2.75, 3.05) is 13.2 Å². The number of rotatable bonds is 5. The van der Waals surface area contributed by atoms with E-state index in [2.05, 4.69) is 9.47 Å². The maximum atomic E-state index is 14.0. The fourth-order valence-electron chi connectivity index (χ4n) is 4.04. The molecule has 0 aliphatic carbocycles. The molecule has 0 amide bonds. The summed E-state index contributed by atoms with van der Waals surface area (Å²) in [5.74, 6) is -1.12. The largest absolute Gasteiger partial charge is 0.504 e. The molecule has 0 bridgehead atoms. The van der Waals surface area contributed by atoms with Crippen LogP contribution < -0.4 is 4.74 Å². The quantitative estimate of drug-likeness (QED) is 0.667. The van der Waals surface area contributed by atoms with Gasteiger partial charge < -0.3 is 14.4 Å². The smallest absolute Gasteiger partial charge is 0.161 e. The third-order valence-electron chi connectivity index (χ3n) is 5.32. The lowest BCUT2D eigenvalue weighted by Gasteiger charge is -2.31. The first-order valence-electron chi connectivity index (χ1n) is 9.85. The molecule has 1 aromatic heterocycles. The summed E-state index contributed by atoms with van der Waals surface area (Å²) in [6, 6.07) is 13.3. The fraction of sp³-hybridized carbons (Fsp3) is 0.304. The Morgan fingerprint density at radius 3 is 2.72 bits per heavy atom. The van der Waals surface area contributed by atoms with Crippen molar-refractivity contribution < 1.29 is 18.6 Å². The van der Waals surface area contributed by atoms with Crippen LogP contribution in [0.15, 0.2) is 54.7 Å². The summed E-state index contributed by atoms with van der Waals surface area (Å²) < 4.78 is 35.3. The van der Waals surface area contributed by atoms with Gasteiger partial charge in [-0.05, 0) is 60.9 Å². The average Bonchev–Trinajstić information content (AvgIpc) is 3.09. The van der Waals surface area contributed by atoms with Gasteiger partial charge in [0.2, 0.25) is 0 Å². The van der Waals surface area contributed by atoms with Crippen LogP contribution in [0.2, 0.25) is 0 Å². The Bertz CT molecular complexity index is 1000. The molecule has 6 heteroatoms. The van der Waals surface area contributed by atoms with Gasteiger partial charge in [-0.1, -0.05) is 12.1 Å². The summed E-state index contributed by atoms with van der Waals surface area (Å²) in [7, 11) is 0. The Morgan fingerprint density at radius 2 is 1.93 bits per heavy atom. The Labute approximate surface area is 169 Å². The molecular weight excluding hydrogens is 374 g/mol. The zero-order valence-electron chi connectivity index (χ0n) is 16.3. The second-order valence-electron chi connectivity index (χ2n) is 7.26. The number of fused-ring (bicyclic) bond motifs is 1. The van der Waals surface area contributed by atoms with Crippen molar-refractivity contribution in [1.29, 1.82) is 0 Å². The number of aromatic hydroxyl groups is 1. The highest BCUT2D eigenvalue weighted by Crippen LogP contribution is 2.35. The molecule has 0 radical (unpaired) electrons. The normalized spacial score (nSPS) is 17.0. The summed E-state index contributed by atoms with van der Waals surface area (Å²) in [5, 5.41) is 9.99. The van der Waals surface area contributed by atoms with E-state index in [0.29, 0.717) is 18.9 Å². The molecule has 0 fully saturated rings. The molecule has 2 aromatic carbocycles. The van der Waals surface area contributed by atoms with Crippen LogP contribution in [0.1, 0.15) is 36.2 Å². The summed E-state index contributed by atoms with van der Waals surface area (Å²) in [6.07, 6.45) is 2.97. The molecule has 4 rings (SSSR count). The minimum absolute atomic E-state index is 0.109. The number of hydrogen-bond donors (Lipinski definition) is 1. The van der Waals surface area contributed by atoms with Gasteiger partial charge in [-0.3, -0.25) is 4.90 Å². The van der Waals surface area contributed by atoms with Crippen LogP contribution in [0, 0.1) is 11.6 Å². The number of nitrogens with zero attached hydrogens (tertiary/aromatic N) is 2. The molecule has 0 saturated heterocycles. The number of ether oxygens (including phenoxy) is 1. The molecule has 1 N–H and O–H groups in total. The molecular formula is C23H24F2N2O2. The molecule has 1 atom stereocenters. The summed E-state index contributed by atoms with van der Waals surface area (Å²) in [6.45, 7) is 4.60. The third kappa shape index (κ3) is 3.98. The number of aryl methyl sites for hydroxylation is 1. The lowest BCUT2D eigenvalue weighted by atomic mass is 10.0. The van der Waals surface area contributed by atoms with Crippen molar-refractivity contribution in [3.05, 3.63) is 83.2 Å². The van der Waals surface area contributed by atoms with Crippen LogP contribution in [-0.2, 0) is 13.1 Å². The lowest BCUT2D eigenvalue weighted by molar-refractivity contribution is 0.219. The summed E-state index contributed by atoms with van der Waals surface area (Å²) in [4.78, 5) is 2.26. The van der Waals surface area contributed by atoms with Crippen molar-refractivity contribution in [3.63, 3.8) is 0 Å². The third-order valence-corrected chi connectivity index (χ3v) is 5.32. The number of phenols is 1. The van der Waals surface area contributed by atoms with Gasteiger partial charge in [-0.15, -0.1) is 0 Å². The number of hydrogen-bond acceptors (Lipinski definition) is 3. The van der Waals surface area contributed by atoms with Crippen molar-refractivity contribution in [3.8, 4) is 11.5 Å². The summed E-state index contributed by atoms with van der Waals surface area (Å²) >= 11 is 0. The van der Waals surface area contributed by atoms with E-state index in [0.717, 1.165) is 36.3 Å². The Kier molecular flexibility index (Phi) is 5.53. The van der Waals surface area contributed by atoms with Gasteiger partial charge in [0.15, 0.2) is 23.1 Å². The zero-order valence-corrected chi connectivity index (χ0v) is 16.3. The summed E-state index contributed by atoms with van der Waals surface area (Å²) in [5.41, 5.74) is 2.76. The van der Waals surface area contributed by atoms with Crippen LogP contribution in [0.4, 0.5) is 8.78 Å². The SMILES string of the molecule is CCOc1cc(CN2CCCn3cccc3[C@H]2c2ccc(F)c(F)c2)ccc1O. The van der Waals surface area contributed by atoms with Gasteiger partial charge in [0.05, 0.1) is 12.6 Å². The lowest BCUT2D eigenvalue weighted by Crippen LogP contribution is -2.29. The molecule has 29 heavy (non-hydrogen) atoms. The van der Waals surface area contributed by atoms with E-state index >= 15 is 0 Å². The number of benzene rings is 2. The second kappa shape index (κ2) is 8.25. The predicted octanol–water partition coefficient (Wildman–Crippen LogP) is 4.87. The monoisotopic (exact) mass is 398 g/mol. The van der Waals surface area contributed by atoms with Crippen LogP contribution in [-0.4, -0.2) is 27.7 Å². The highest BCUT2D eigenvalue weighted by Gasteiger charge is 2.28. The van der Waals surface area contributed by atoms with Gasteiger partial charge in [0.1, 0.15) is 0 Å². The maximum Gasteiger partial charge on any atom is 0.161 e. The average molecular weight is 398 g/mol. The molecule has 1 aliphatic heterocycles. The van der Waals surface area contributed by atoms with Crippen molar-refractivity contribution in [2.45, 2.75) is 32.5 Å². The Morgan fingerprint density at radius 1 is 1.07 bits per heavy atom. The van der Waals surface area contributed by atoms with E-state index in [9.17, 15) is 13.9 Å². The van der Waals surface area contributed by atoms with Crippen molar-refractivity contribution >= 4 is 0 Å². The Balaban J connectivity index is 1.72. The molecule has 4 nitrogen and oxygen atoms in total. The predicted molar refractivity (Wildman–Crippen MR) is 107 cm³/mol. The molecule has 1 aliphatic rings. The van der Waals surface area contributed by atoms with E-state index in [1.165, 1.54) is 12.1 Å². The standard InChI is InChI=1S/C23H24F2N2O2/c1-2-29-22-13-16(6-9-21(22)28)15-27-12-4-11-26-10-3-5-20(26)23(27)17-7-8-18(24)19(25)14-17/h3,5-10,13-14,23,28H,2,4,11-12,15H2,1H3/t23-/m1/s1. The van der Waals surface area contributed by atoms with Gasteiger partial charge in [0.25, 0.3) is 0 Å². The first-order valence-corrected chi connectivity index (χ1v) is 9.85. The molecule has 3 aromatic rings. The number of phenolic OH excluding ortho intramolecular Hbond substituents is 1. The van der Waals surface area contributed by atoms with Gasteiger partial charge in [-0.25, -0.2) is 8.78 Å². The maximum absolute atomic E-state index is 14.0. The van der Waals surface area contributed by atoms with E-state index in [-0.39, 0.29) is 11.8 Å². The molecule has 0 saturated carbocycles. The highest BCUT2D eigenvalue weighted by atomic mass is 19.2. The van der Waals surface area contributed by atoms with Crippen LogP contribution in [0.5, 0.6) is 11.5 Å². The minimum atomic E-state index is -0.843. The van der Waals surface area contributed by atoms with E-state index < -0.39 is 11.6 Å². The van der Waals surface area contributed by atoms with Crippen LogP contribution >= 0.6 is 0 Å². The van der Waals surface area contributed by atoms with Crippen LogP contribution in [0.25, 0.3) is 0 Å². The fourth-order valence-corrected chi connectivity index (χ4v) is 4.04. The van der Waals surface area contributed by atoms with Gasteiger partial charge >= 0.3 is 0 Å². The minimum Gasteiger partial charge on any atom is -0.504 e. The first-order chi connectivity index (χ1) is 14.1. The zero-order chi connectivity index (χ0) is 20.4.